The Morgan fingerprint density at radius 1 is 0.871 bits per heavy atom. The van der Waals surface area contributed by atoms with E-state index in [1.165, 1.54) is 41.3 Å². The lowest BCUT2D eigenvalue weighted by Crippen LogP contribution is -2.47. The molecule has 1 amide bonds. The summed E-state index contributed by atoms with van der Waals surface area (Å²) in [7, 11) is -25.0. The normalized spacial score (nSPS) is 16.6. The van der Waals surface area contributed by atoms with Gasteiger partial charge in [-0.05, 0) is 92.4 Å². The van der Waals surface area contributed by atoms with Crippen LogP contribution in [-0.4, -0.2) is 178 Å². The van der Waals surface area contributed by atoms with E-state index >= 15 is 0 Å². The molecule has 45 heteroatoms. The van der Waals surface area contributed by atoms with Crippen LogP contribution < -0.4 is 33.2 Å². The van der Waals surface area contributed by atoms with Crippen molar-refractivity contribution in [2.75, 3.05) is 88.5 Å². The van der Waals surface area contributed by atoms with Gasteiger partial charge in [0, 0.05) is 78.1 Å². The summed E-state index contributed by atoms with van der Waals surface area (Å²) in [6, 6.07) is 8.28. The standard InChI is InChI=1S/C56H73N6O30P3S6/c1-4-99(96)33-87-43-29-45(89-44(43)31-88-94(72,73)92-95(74,75)91-93(69,70)71)62-30-35(52(59)61-54(62)67)10-5-6-12-46(64)85-23-8-7-21-84-32-97-98-56(2,3)19-24-86-55(68)60-20-25-83-27-26-82-22-9-11-42(63)34-13-14-36(53(65)66)39(28-34)47-37-15-17-40(57)50(100(76,77)78)48(37)90-49-38(47)16-18-41(58)51(49)101(79,80)81/h13-18,28,30,43-45,57H,4,6-9,11-12,19-27,29,31-33,58H2,1-3H3,(H,60,68)(H,65,66)(H,72,73)(H,74,75)(H2,59,61,67)(H2,69,70,71)(H,76,77,78)(H,79,80,81)/p+1/t43?,44-,45-,99?/m1/s1. The van der Waals surface area contributed by atoms with Gasteiger partial charge in [0.05, 0.1) is 74.9 Å². The lowest BCUT2D eigenvalue weighted by molar-refractivity contribution is -0.176. The third-order valence-corrected chi connectivity index (χ3v) is 24.7. The lowest BCUT2D eigenvalue weighted by atomic mass is 9.88. The molecule has 558 valence electrons. The molecule has 0 spiro atoms. The predicted octanol–water partition coefficient (Wildman–Crippen LogP) is 4.25. The van der Waals surface area contributed by atoms with Gasteiger partial charge >= 0.3 is 57.3 Å². The Morgan fingerprint density at radius 2 is 1.56 bits per heavy atom. The van der Waals surface area contributed by atoms with Gasteiger partial charge < -0.3 is 79.0 Å². The third kappa shape index (κ3) is 26.5. The van der Waals surface area contributed by atoms with Gasteiger partial charge in [0.2, 0.25) is 10.3 Å². The molecule has 1 aliphatic carbocycles. The number of aromatic carboxylic acids is 1. The van der Waals surface area contributed by atoms with Crippen LogP contribution in [0.1, 0.15) is 105 Å². The second kappa shape index (κ2) is 37.9. The molecule has 4 unspecified atom stereocenters. The maximum atomic E-state index is 13.5. The Balaban J connectivity index is 0.814. The van der Waals surface area contributed by atoms with Crippen LogP contribution in [0.15, 0.2) is 67.7 Å². The molecule has 0 radical (unpaired) electrons. The van der Waals surface area contributed by atoms with E-state index in [0.717, 1.165) is 22.8 Å². The van der Waals surface area contributed by atoms with Gasteiger partial charge in [-0.25, -0.2) is 28.1 Å². The van der Waals surface area contributed by atoms with Crippen LogP contribution in [0.5, 0.6) is 0 Å². The zero-order valence-corrected chi connectivity index (χ0v) is 61.5. The minimum Gasteiger partial charge on any atom is -0.478 e. The third-order valence-electron chi connectivity index (χ3n) is 14.0. The summed E-state index contributed by atoms with van der Waals surface area (Å²) in [5, 5.41) is 18.1. The summed E-state index contributed by atoms with van der Waals surface area (Å²) in [5.41, 5.74) is 8.95. The Kier molecular flexibility index (Phi) is 31.6. The Labute approximate surface area is 592 Å². The zero-order valence-electron chi connectivity index (χ0n) is 53.9. The van der Waals surface area contributed by atoms with E-state index in [9.17, 15) is 78.5 Å². The number of esters is 1. The first-order valence-electron chi connectivity index (χ1n) is 29.9. The van der Waals surface area contributed by atoms with Gasteiger partial charge in [-0.1, -0.05) is 55.9 Å². The number of carbonyl (C=O) groups excluding carboxylic acids is 3. The van der Waals surface area contributed by atoms with Crippen LogP contribution in [-0.2, 0) is 106 Å². The SMILES string of the molecule is CCS(=S)COC1C[C@H](n2cc(C#CCCC(=O)OCCCCOCSSC(C)(C)CCOC(=O)NCCOCCOCCCC(=O)c3ccc(C(=O)O)c(-c4c5ccc(=[NH2+])c(S(=O)(=O)O)c-5oc5c(S(=O)(=O)O)c(N)ccc45)c3)c(N)nc2=O)O[C@@H]1COP(=O)(O)OP(=O)(O)OP(=O)(O)O. The minimum absolute atomic E-state index is 0.0127. The highest BCUT2D eigenvalue weighted by Crippen LogP contribution is 2.66. The van der Waals surface area contributed by atoms with Gasteiger partial charge in [0.1, 0.15) is 24.1 Å². The number of hydrogen-bond donors (Lipinski definition) is 11. The molecule has 3 aromatic rings. The number of alkyl carbamates (subject to hydrolysis) is 1. The number of phosphoric ester groups is 1. The molecular formula is C56H74N6O30P3S6+. The fourth-order valence-corrected chi connectivity index (χ4v) is 16.8. The highest BCUT2D eigenvalue weighted by molar-refractivity contribution is 8.77. The van der Waals surface area contributed by atoms with Gasteiger partial charge in [0.25, 0.3) is 10.1 Å². The molecule has 0 bridgehead atoms. The summed E-state index contributed by atoms with van der Waals surface area (Å²) in [6.07, 6.45) is -1.03. The summed E-state index contributed by atoms with van der Waals surface area (Å²) in [6.45, 7) is 6.30. The van der Waals surface area contributed by atoms with Crippen LogP contribution in [0, 0.1) is 11.8 Å². The monoisotopic (exact) mass is 1600 g/mol. The molecule has 2 aromatic carbocycles. The van der Waals surface area contributed by atoms with E-state index in [1.54, 1.807) is 10.8 Å². The molecule has 101 heavy (non-hydrogen) atoms. The van der Waals surface area contributed by atoms with Crippen molar-refractivity contribution >= 4 is 132 Å². The number of carboxylic acids is 1. The van der Waals surface area contributed by atoms with Crippen molar-refractivity contribution < 1.29 is 140 Å². The number of unbranched alkanes of at least 4 members (excludes halogenated alkanes) is 1. The lowest BCUT2D eigenvalue weighted by Gasteiger charge is -2.22. The summed E-state index contributed by atoms with van der Waals surface area (Å²) in [4.78, 5) is 103. The number of amides is 1. The maximum Gasteiger partial charge on any atom is 0.490 e. The Morgan fingerprint density at radius 3 is 2.25 bits per heavy atom. The van der Waals surface area contributed by atoms with Crippen molar-refractivity contribution in [3.05, 3.63) is 81.2 Å². The van der Waals surface area contributed by atoms with Crippen molar-refractivity contribution in [2.45, 2.75) is 105 Å². The molecule has 2 aliphatic heterocycles. The van der Waals surface area contributed by atoms with Crippen molar-refractivity contribution in [1.29, 1.82) is 0 Å². The summed E-state index contributed by atoms with van der Waals surface area (Å²) >= 11 is 5.32. The van der Waals surface area contributed by atoms with E-state index in [2.05, 4.69) is 30.8 Å². The topological polar surface area (TPSA) is 559 Å². The van der Waals surface area contributed by atoms with Gasteiger partial charge in [-0.3, -0.25) is 33.2 Å². The molecule has 3 aliphatic rings. The van der Waals surface area contributed by atoms with Gasteiger partial charge in [-0.15, -0.1) is 0 Å². The van der Waals surface area contributed by atoms with Crippen LogP contribution in [0.25, 0.3) is 33.4 Å². The van der Waals surface area contributed by atoms with Crippen LogP contribution in [0.3, 0.4) is 0 Å². The number of ether oxygens (including phenoxy) is 7. The number of aromatic nitrogens is 2. The Bertz CT molecular complexity index is 4390. The number of benzene rings is 3. The number of carbonyl (C=O) groups is 4. The van der Waals surface area contributed by atoms with Crippen molar-refractivity contribution in [1.82, 2.24) is 14.9 Å². The van der Waals surface area contributed by atoms with E-state index in [0.29, 0.717) is 37.6 Å². The number of fused-ring (bicyclic) bond motifs is 2. The molecule has 1 aromatic heterocycles. The highest BCUT2D eigenvalue weighted by atomic mass is 33.1. The molecular weight excluding hydrogens is 1520 g/mol. The molecule has 1 fully saturated rings. The predicted molar refractivity (Wildman–Crippen MR) is 366 cm³/mol. The number of nitrogen functional groups attached to an aromatic ring is 2. The number of nitrogens with one attached hydrogen (secondary N) is 1. The maximum absolute atomic E-state index is 13.5. The molecule has 0 saturated carbocycles. The second-order valence-corrected chi connectivity index (χ2v) is 35.2. The molecule has 6 atom stereocenters. The zero-order chi connectivity index (χ0) is 74.7. The van der Waals surface area contributed by atoms with Gasteiger partial charge in [-0.2, -0.15) is 30.4 Å². The number of nitrogens with zero attached hydrogens (tertiary/aromatic N) is 2. The molecule has 36 nitrogen and oxygen atoms in total. The molecule has 14 N–H and O–H groups in total. The first-order valence-corrected chi connectivity index (χ1v) is 42.2. The second-order valence-electron chi connectivity index (χ2n) is 22.0. The number of phosphoric acid groups is 3. The van der Waals surface area contributed by atoms with Crippen LogP contribution in [0.4, 0.5) is 16.3 Å². The highest BCUT2D eigenvalue weighted by Gasteiger charge is 2.44. The fourth-order valence-electron chi connectivity index (χ4n) is 9.30. The number of carboxylic acid groups (broad SMARTS) is 1. The van der Waals surface area contributed by atoms with Crippen LogP contribution >= 0.6 is 45.1 Å². The number of hydrogen-bond acceptors (Lipinski definition) is 29. The minimum atomic E-state index is -5.80. The van der Waals surface area contributed by atoms with E-state index in [4.69, 9.17) is 80.0 Å². The van der Waals surface area contributed by atoms with E-state index < -0.39 is 145 Å². The van der Waals surface area contributed by atoms with Crippen molar-refractivity contribution in [2.24, 2.45) is 0 Å². The average Bonchev–Trinajstić information content (AvgIpc) is 1.53. The molecule has 1 saturated heterocycles. The smallest absolute Gasteiger partial charge is 0.478 e. The van der Waals surface area contributed by atoms with Crippen molar-refractivity contribution in [3.8, 4) is 34.3 Å². The number of nitrogens with two attached hydrogens (primary N) is 3. The van der Waals surface area contributed by atoms with E-state index in [1.807, 2.05) is 20.8 Å². The quantitative estimate of drug-likeness (QED) is 0.00249. The summed E-state index contributed by atoms with van der Waals surface area (Å²) < 4.78 is 164. The van der Waals surface area contributed by atoms with Gasteiger partial charge in [0.15, 0.2) is 22.0 Å². The average molecular weight is 1600 g/mol. The van der Waals surface area contributed by atoms with Crippen molar-refractivity contribution in [3.63, 3.8) is 0 Å². The molecule has 6 rings (SSSR count). The first kappa shape index (κ1) is 84.3. The first-order chi connectivity index (χ1) is 47.3. The fraction of sp³-hybridized carbons (Fsp3) is 0.482. The number of rotatable bonds is 41. The largest absolute Gasteiger partial charge is 0.490 e. The molecule has 3 heterocycles. The van der Waals surface area contributed by atoms with E-state index in [-0.39, 0.29) is 128 Å². The Hall–Kier alpha value is -5.65. The summed E-state index contributed by atoms with van der Waals surface area (Å²) in [5.74, 6) is 3.11. The number of Topliss-reactive ketones (excluding diaryl/α,β-unsaturated/α-hetero) is 1. The van der Waals surface area contributed by atoms with Crippen LogP contribution in [0.2, 0.25) is 0 Å². The number of ketones is 1. The number of anilines is 2.